The van der Waals surface area contributed by atoms with Gasteiger partial charge in [0.25, 0.3) is 5.69 Å². The Morgan fingerprint density at radius 1 is 1.43 bits per heavy atom. The highest BCUT2D eigenvalue weighted by atomic mass is 16.6. The molecule has 0 aromatic carbocycles. The molecule has 1 saturated heterocycles. The number of carbonyl (C=O) groups is 1. The molecule has 0 amide bonds. The SMILES string of the molecule is CC(C)(C(=O)O)C1CCN(c2ccc([N+](=O)[O-])cn2)CC1. The molecule has 1 aliphatic heterocycles. The number of anilines is 1. The number of hydrogen-bond donors (Lipinski definition) is 1. The molecule has 7 nitrogen and oxygen atoms in total. The fraction of sp³-hybridized carbons (Fsp3) is 0.571. The number of carboxylic acids is 1. The van der Waals surface area contributed by atoms with Crippen LogP contribution in [0.15, 0.2) is 18.3 Å². The molecule has 2 rings (SSSR count). The summed E-state index contributed by atoms with van der Waals surface area (Å²) < 4.78 is 0. The van der Waals surface area contributed by atoms with Gasteiger partial charge >= 0.3 is 5.97 Å². The molecule has 21 heavy (non-hydrogen) atoms. The molecule has 0 radical (unpaired) electrons. The number of nitrogens with zero attached hydrogens (tertiary/aromatic N) is 3. The minimum Gasteiger partial charge on any atom is -0.481 e. The summed E-state index contributed by atoms with van der Waals surface area (Å²) in [6, 6.07) is 3.08. The van der Waals surface area contributed by atoms with Crippen molar-refractivity contribution in [2.75, 3.05) is 18.0 Å². The lowest BCUT2D eigenvalue weighted by Gasteiger charge is -2.38. The number of hydrogen-bond acceptors (Lipinski definition) is 5. The summed E-state index contributed by atoms with van der Waals surface area (Å²) in [6.07, 6.45) is 2.80. The van der Waals surface area contributed by atoms with E-state index in [0.29, 0.717) is 18.9 Å². The molecule has 7 heteroatoms. The van der Waals surface area contributed by atoms with Crippen LogP contribution >= 0.6 is 0 Å². The Hall–Kier alpha value is -2.18. The summed E-state index contributed by atoms with van der Waals surface area (Å²) in [6.45, 7) is 4.96. The van der Waals surface area contributed by atoms with Gasteiger partial charge < -0.3 is 10.0 Å². The second-order valence-electron chi connectivity index (χ2n) is 5.92. The van der Waals surface area contributed by atoms with Crippen molar-refractivity contribution in [2.45, 2.75) is 26.7 Å². The number of aromatic nitrogens is 1. The largest absolute Gasteiger partial charge is 0.481 e. The van der Waals surface area contributed by atoms with Crippen LogP contribution in [0, 0.1) is 21.4 Å². The van der Waals surface area contributed by atoms with Gasteiger partial charge in [-0.25, -0.2) is 4.98 Å². The Labute approximate surface area is 122 Å². The number of rotatable bonds is 4. The van der Waals surface area contributed by atoms with E-state index in [4.69, 9.17) is 0 Å². The molecule has 1 aromatic rings. The van der Waals surface area contributed by atoms with Crippen molar-refractivity contribution in [2.24, 2.45) is 11.3 Å². The second kappa shape index (κ2) is 5.67. The standard InChI is InChI=1S/C14H19N3O4/c1-14(2,13(18)19)10-5-7-16(8-6-10)12-4-3-11(9-15-12)17(20)21/h3-4,9-10H,5-8H2,1-2H3,(H,18,19). The number of pyridine rings is 1. The summed E-state index contributed by atoms with van der Waals surface area (Å²) >= 11 is 0. The number of nitro groups is 1. The zero-order valence-electron chi connectivity index (χ0n) is 12.2. The third kappa shape index (κ3) is 3.12. The molecule has 1 N–H and O–H groups in total. The Kier molecular flexibility index (Phi) is 4.11. The molecule has 0 saturated carbocycles. The summed E-state index contributed by atoms with van der Waals surface area (Å²) in [5, 5.41) is 19.9. The number of carboxylic acid groups (broad SMARTS) is 1. The summed E-state index contributed by atoms with van der Waals surface area (Å²) in [7, 11) is 0. The maximum Gasteiger partial charge on any atom is 0.309 e. The third-order valence-corrected chi connectivity index (χ3v) is 4.33. The summed E-state index contributed by atoms with van der Waals surface area (Å²) in [5.41, 5.74) is -0.754. The zero-order chi connectivity index (χ0) is 15.6. The van der Waals surface area contributed by atoms with Crippen molar-refractivity contribution < 1.29 is 14.8 Å². The predicted octanol–water partition coefficient (Wildman–Crippen LogP) is 2.32. The Morgan fingerprint density at radius 3 is 2.48 bits per heavy atom. The first-order valence-electron chi connectivity index (χ1n) is 6.91. The van der Waals surface area contributed by atoms with Gasteiger partial charge in [0.2, 0.25) is 0 Å². The molecule has 0 aliphatic carbocycles. The van der Waals surface area contributed by atoms with E-state index in [1.807, 2.05) is 4.90 Å². The molecule has 1 aliphatic rings. The maximum absolute atomic E-state index is 11.3. The lowest BCUT2D eigenvalue weighted by atomic mass is 9.74. The van der Waals surface area contributed by atoms with Crippen molar-refractivity contribution in [1.82, 2.24) is 4.98 Å². The van der Waals surface area contributed by atoms with Gasteiger partial charge in [0.1, 0.15) is 12.0 Å². The lowest BCUT2D eigenvalue weighted by molar-refractivity contribution is -0.385. The quantitative estimate of drug-likeness (QED) is 0.676. The van der Waals surface area contributed by atoms with E-state index in [9.17, 15) is 20.0 Å². The minimum atomic E-state index is -0.769. The number of piperidine rings is 1. The van der Waals surface area contributed by atoms with Crippen LogP contribution in [-0.4, -0.2) is 34.1 Å². The van der Waals surface area contributed by atoms with Crippen LogP contribution in [0.5, 0.6) is 0 Å². The van der Waals surface area contributed by atoms with E-state index < -0.39 is 16.3 Å². The van der Waals surface area contributed by atoms with Crippen molar-refractivity contribution in [3.63, 3.8) is 0 Å². The molecule has 0 bridgehead atoms. The van der Waals surface area contributed by atoms with Crippen molar-refractivity contribution >= 4 is 17.5 Å². The average Bonchev–Trinajstić information content (AvgIpc) is 2.47. The van der Waals surface area contributed by atoms with Crippen LogP contribution in [0.3, 0.4) is 0 Å². The van der Waals surface area contributed by atoms with Gasteiger partial charge in [-0.2, -0.15) is 0 Å². The van der Waals surface area contributed by atoms with E-state index in [2.05, 4.69) is 4.98 Å². The highest BCUT2D eigenvalue weighted by molar-refractivity contribution is 5.74. The fourth-order valence-electron chi connectivity index (χ4n) is 2.68. The fourth-order valence-corrected chi connectivity index (χ4v) is 2.68. The van der Waals surface area contributed by atoms with Crippen LogP contribution in [0.2, 0.25) is 0 Å². The molecule has 0 atom stereocenters. The molecule has 1 fully saturated rings. The Balaban J connectivity index is 2.01. The van der Waals surface area contributed by atoms with Gasteiger partial charge in [-0.1, -0.05) is 0 Å². The predicted molar refractivity (Wildman–Crippen MR) is 77.2 cm³/mol. The van der Waals surface area contributed by atoms with Gasteiger partial charge in [-0.05, 0) is 38.7 Å². The Bertz CT molecular complexity index is 534. The van der Waals surface area contributed by atoms with Crippen LogP contribution in [-0.2, 0) is 4.79 Å². The van der Waals surface area contributed by atoms with E-state index in [0.717, 1.165) is 12.8 Å². The third-order valence-electron chi connectivity index (χ3n) is 4.33. The topological polar surface area (TPSA) is 96.6 Å². The second-order valence-corrected chi connectivity index (χ2v) is 5.92. The van der Waals surface area contributed by atoms with Gasteiger partial charge in [0.15, 0.2) is 0 Å². The van der Waals surface area contributed by atoms with E-state index >= 15 is 0 Å². The van der Waals surface area contributed by atoms with E-state index in [-0.39, 0.29) is 11.6 Å². The summed E-state index contributed by atoms with van der Waals surface area (Å²) in [5.74, 6) is 0.0610. The van der Waals surface area contributed by atoms with Gasteiger partial charge in [-0.3, -0.25) is 14.9 Å². The molecule has 114 valence electrons. The van der Waals surface area contributed by atoms with Gasteiger partial charge in [-0.15, -0.1) is 0 Å². The van der Waals surface area contributed by atoms with Crippen LogP contribution in [0.4, 0.5) is 11.5 Å². The Morgan fingerprint density at radius 2 is 2.05 bits per heavy atom. The number of aliphatic carboxylic acids is 1. The lowest BCUT2D eigenvalue weighted by Crippen LogP contribution is -2.42. The van der Waals surface area contributed by atoms with E-state index in [1.54, 1.807) is 19.9 Å². The molecular weight excluding hydrogens is 274 g/mol. The first-order chi connectivity index (χ1) is 9.82. The van der Waals surface area contributed by atoms with Gasteiger partial charge in [0.05, 0.1) is 10.3 Å². The van der Waals surface area contributed by atoms with Crippen molar-refractivity contribution in [1.29, 1.82) is 0 Å². The summed E-state index contributed by atoms with van der Waals surface area (Å²) in [4.78, 5) is 27.6. The highest BCUT2D eigenvalue weighted by Crippen LogP contribution is 2.36. The molecular formula is C14H19N3O4. The molecule has 1 aromatic heterocycles. The van der Waals surface area contributed by atoms with Crippen LogP contribution < -0.4 is 4.90 Å². The van der Waals surface area contributed by atoms with E-state index in [1.165, 1.54) is 12.3 Å². The minimum absolute atomic E-state index is 0.0272. The zero-order valence-corrected chi connectivity index (χ0v) is 12.2. The first-order valence-corrected chi connectivity index (χ1v) is 6.91. The molecule has 0 spiro atoms. The van der Waals surface area contributed by atoms with Crippen LogP contribution in [0.1, 0.15) is 26.7 Å². The normalized spacial score (nSPS) is 16.8. The average molecular weight is 293 g/mol. The molecule has 0 unspecified atom stereocenters. The highest BCUT2D eigenvalue weighted by Gasteiger charge is 2.38. The molecule has 2 heterocycles. The maximum atomic E-state index is 11.3. The monoisotopic (exact) mass is 293 g/mol. The van der Waals surface area contributed by atoms with Gasteiger partial charge in [0, 0.05) is 19.2 Å². The van der Waals surface area contributed by atoms with Crippen molar-refractivity contribution in [3.05, 3.63) is 28.4 Å². The van der Waals surface area contributed by atoms with Crippen LogP contribution in [0.25, 0.3) is 0 Å². The smallest absolute Gasteiger partial charge is 0.309 e. The first kappa shape index (κ1) is 15.2. The van der Waals surface area contributed by atoms with Crippen molar-refractivity contribution in [3.8, 4) is 0 Å².